The number of nitrogens with one attached hydrogen (secondary N) is 1. The summed E-state index contributed by atoms with van der Waals surface area (Å²) in [5.41, 5.74) is -3.95. The number of aromatic hydroxyl groups is 2. The van der Waals surface area contributed by atoms with Gasteiger partial charge in [-0.25, -0.2) is 0 Å². The van der Waals surface area contributed by atoms with Gasteiger partial charge >= 0.3 is 17.1 Å². The largest absolute Gasteiger partial charge is 0.634 e. The maximum atomic E-state index is 10.8. The first-order chi connectivity index (χ1) is 12.5. The van der Waals surface area contributed by atoms with E-state index in [1.807, 2.05) is 0 Å². The third-order valence-corrected chi connectivity index (χ3v) is 4.03. The summed E-state index contributed by atoms with van der Waals surface area (Å²) in [6.07, 6.45) is 2.12. The summed E-state index contributed by atoms with van der Waals surface area (Å²) < 4.78 is 0. The Hall–Kier alpha value is -3.10. The molecule has 1 aliphatic rings. The summed E-state index contributed by atoms with van der Waals surface area (Å²) >= 11 is 0. The standard InChI is InChI=1S/C7H16N2O.C6H3N3O8/c1-8(2)7-3-5-9(10)6-4-7;10-5-2(7(12)13)1-3(8(14)15)6(11)4(5)9(16)17/h7,9H,3-6H2,1-2H3;1,10-11H. The van der Waals surface area contributed by atoms with Crippen LogP contribution in [0.3, 0.4) is 0 Å². The number of nitrogens with zero attached hydrogens (tertiary/aromatic N) is 4. The highest BCUT2D eigenvalue weighted by Crippen LogP contribution is 2.47. The van der Waals surface area contributed by atoms with Crippen molar-refractivity contribution in [3.63, 3.8) is 0 Å². The van der Waals surface area contributed by atoms with Crippen LogP contribution in [0.4, 0.5) is 17.1 Å². The Bertz CT molecular complexity index is 693. The zero-order chi connectivity index (χ0) is 20.9. The zero-order valence-electron chi connectivity index (χ0n) is 14.5. The first-order valence-corrected chi connectivity index (χ1v) is 7.67. The number of hydrogen-bond donors (Lipinski definition) is 3. The third kappa shape index (κ3) is 5.44. The number of phenolic OH excluding ortho intramolecular Hbond substituents is 2. The number of hydroxylamine groups is 2. The molecule has 0 unspecified atom stereocenters. The van der Waals surface area contributed by atoms with Gasteiger partial charge in [-0.05, 0) is 14.1 Å². The molecule has 1 aromatic carbocycles. The van der Waals surface area contributed by atoms with Crippen LogP contribution in [-0.4, -0.2) is 63.1 Å². The lowest BCUT2D eigenvalue weighted by Crippen LogP contribution is -3.08. The van der Waals surface area contributed by atoms with Crippen LogP contribution in [0, 0.1) is 35.6 Å². The molecule has 0 spiro atoms. The van der Waals surface area contributed by atoms with E-state index in [-0.39, 0.29) is 6.07 Å². The molecule has 27 heavy (non-hydrogen) atoms. The predicted octanol–water partition coefficient (Wildman–Crippen LogP) is -0.0845. The first kappa shape index (κ1) is 21.9. The van der Waals surface area contributed by atoms with Crippen molar-refractivity contribution in [1.29, 1.82) is 0 Å². The molecule has 1 heterocycles. The van der Waals surface area contributed by atoms with E-state index in [4.69, 9.17) is 10.2 Å². The Kier molecular flexibility index (Phi) is 7.33. The van der Waals surface area contributed by atoms with Crippen molar-refractivity contribution in [3.8, 4) is 11.5 Å². The van der Waals surface area contributed by atoms with Crippen molar-refractivity contribution < 1.29 is 30.0 Å². The minimum Gasteiger partial charge on any atom is -0.634 e. The van der Waals surface area contributed by atoms with Gasteiger partial charge < -0.3 is 25.4 Å². The molecule has 1 aliphatic heterocycles. The highest BCUT2D eigenvalue weighted by molar-refractivity contribution is 5.73. The normalized spacial score (nSPS) is 19.1. The molecule has 1 fully saturated rings. The van der Waals surface area contributed by atoms with Gasteiger partial charge in [0.1, 0.15) is 6.07 Å². The second kappa shape index (κ2) is 9.02. The van der Waals surface area contributed by atoms with E-state index < -0.39 is 43.3 Å². The lowest BCUT2D eigenvalue weighted by molar-refractivity contribution is -0.854. The molecule has 0 bridgehead atoms. The smallest absolute Gasteiger partial charge is 0.366 e. The number of rotatable bonds is 4. The highest BCUT2D eigenvalue weighted by Gasteiger charge is 2.37. The molecule has 0 atom stereocenters. The van der Waals surface area contributed by atoms with Crippen LogP contribution in [0.5, 0.6) is 11.5 Å². The molecule has 2 rings (SSSR count). The van der Waals surface area contributed by atoms with Crippen LogP contribution < -0.4 is 5.06 Å². The summed E-state index contributed by atoms with van der Waals surface area (Å²) in [5, 5.41) is 60.8. The Balaban J connectivity index is 0.000000309. The maximum Gasteiger partial charge on any atom is 0.366 e. The molecule has 14 nitrogen and oxygen atoms in total. The van der Waals surface area contributed by atoms with E-state index >= 15 is 0 Å². The molecule has 1 aromatic rings. The van der Waals surface area contributed by atoms with Gasteiger partial charge in [-0.3, -0.25) is 30.3 Å². The summed E-state index contributed by atoms with van der Waals surface area (Å²) in [4.78, 5) is 29.6. The van der Waals surface area contributed by atoms with Gasteiger partial charge in [-0.2, -0.15) is 0 Å². The monoisotopic (exact) mass is 389 g/mol. The zero-order valence-corrected chi connectivity index (χ0v) is 14.5. The lowest BCUT2D eigenvalue weighted by Gasteiger charge is -2.34. The average Bonchev–Trinajstić information content (AvgIpc) is 2.54. The molecule has 1 saturated heterocycles. The van der Waals surface area contributed by atoms with E-state index in [2.05, 4.69) is 19.0 Å². The van der Waals surface area contributed by atoms with Crippen LogP contribution in [0.25, 0.3) is 0 Å². The average molecular weight is 389 g/mol. The van der Waals surface area contributed by atoms with Crippen LogP contribution in [0.2, 0.25) is 0 Å². The quantitative estimate of drug-likeness (QED) is 0.355. The SMILES string of the molecule is CN(C)C1CC[NH+]([O-])CC1.O=[N+]([O-])c1cc([N+](=O)[O-])c(O)c([N+](=O)[O-])c1O. The molecular weight excluding hydrogens is 370 g/mol. The molecule has 150 valence electrons. The van der Waals surface area contributed by atoms with E-state index in [1.165, 1.54) is 0 Å². The minimum absolute atomic E-state index is 0.234. The van der Waals surface area contributed by atoms with Gasteiger partial charge in [-0.1, -0.05) is 0 Å². The first-order valence-electron chi connectivity index (χ1n) is 7.67. The fourth-order valence-corrected chi connectivity index (χ4v) is 2.51. The number of nitro benzene ring substituents is 3. The van der Waals surface area contributed by atoms with E-state index in [0.717, 1.165) is 25.9 Å². The number of piperidine rings is 1. The predicted molar refractivity (Wildman–Crippen MR) is 90.5 cm³/mol. The van der Waals surface area contributed by atoms with Crippen molar-refractivity contribution in [3.05, 3.63) is 41.6 Å². The van der Waals surface area contributed by atoms with Gasteiger partial charge in [0.2, 0.25) is 0 Å². The minimum atomic E-state index is -1.48. The Morgan fingerprint density at radius 2 is 1.37 bits per heavy atom. The van der Waals surface area contributed by atoms with Crippen LogP contribution in [0.1, 0.15) is 12.8 Å². The van der Waals surface area contributed by atoms with Gasteiger partial charge in [0.25, 0.3) is 11.5 Å². The number of quaternary nitrogens is 1. The van der Waals surface area contributed by atoms with Gasteiger partial charge in [-0.15, -0.1) is 0 Å². The Morgan fingerprint density at radius 3 is 1.67 bits per heavy atom. The van der Waals surface area contributed by atoms with Gasteiger partial charge in [0, 0.05) is 18.9 Å². The molecule has 3 N–H and O–H groups in total. The number of benzene rings is 1. The summed E-state index contributed by atoms with van der Waals surface area (Å²) in [7, 11) is 4.17. The van der Waals surface area contributed by atoms with Crippen molar-refractivity contribution >= 4 is 17.1 Å². The molecule has 0 amide bonds. The Morgan fingerprint density at radius 1 is 0.963 bits per heavy atom. The fraction of sp³-hybridized carbons (Fsp3) is 0.538. The van der Waals surface area contributed by atoms with Crippen LogP contribution in [-0.2, 0) is 0 Å². The second-order valence-corrected chi connectivity index (χ2v) is 5.97. The molecule has 0 saturated carbocycles. The number of hydrogen-bond acceptors (Lipinski definition) is 10. The second-order valence-electron chi connectivity index (χ2n) is 5.97. The van der Waals surface area contributed by atoms with Crippen LogP contribution in [0.15, 0.2) is 6.07 Å². The third-order valence-electron chi connectivity index (χ3n) is 4.03. The Labute approximate surface area is 152 Å². The van der Waals surface area contributed by atoms with Crippen molar-refractivity contribution in [2.24, 2.45) is 0 Å². The van der Waals surface area contributed by atoms with Crippen LogP contribution >= 0.6 is 0 Å². The summed E-state index contributed by atoms with van der Waals surface area (Å²) in [6.45, 7) is 1.59. The number of nitro groups is 3. The van der Waals surface area contributed by atoms with Gasteiger partial charge in [0.05, 0.1) is 27.9 Å². The summed E-state index contributed by atoms with van der Waals surface area (Å²) in [5.74, 6) is -2.88. The van der Waals surface area contributed by atoms with E-state index in [0.29, 0.717) is 11.1 Å². The lowest BCUT2D eigenvalue weighted by atomic mass is 10.1. The van der Waals surface area contributed by atoms with Crippen molar-refractivity contribution in [1.82, 2.24) is 4.90 Å². The number of phenols is 2. The van der Waals surface area contributed by atoms with Crippen molar-refractivity contribution in [2.75, 3.05) is 27.2 Å². The molecule has 0 radical (unpaired) electrons. The summed E-state index contributed by atoms with van der Waals surface area (Å²) in [6, 6.07) is 0.884. The van der Waals surface area contributed by atoms with E-state index in [1.54, 1.807) is 0 Å². The van der Waals surface area contributed by atoms with Gasteiger partial charge in [0.15, 0.2) is 0 Å². The topological polar surface area (TPSA) is 201 Å². The molecule has 14 heteroatoms. The molecule has 0 aliphatic carbocycles. The molecule has 0 aromatic heterocycles. The fourth-order valence-electron chi connectivity index (χ4n) is 2.51. The van der Waals surface area contributed by atoms with Crippen molar-refractivity contribution in [2.45, 2.75) is 18.9 Å². The highest BCUT2D eigenvalue weighted by atomic mass is 16.6. The van der Waals surface area contributed by atoms with E-state index in [9.17, 15) is 35.6 Å². The maximum absolute atomic E-state index is 10.8. The molecular formula is C13H19N5O9.